The zero-order chi connectivity index (χ0) is 18.7. The van der Waals surface area contributed by atoms with E-state index in [0.29, 0.717) is 32.7 Å². The molecule has 1 aromatic rings. The number of para-hydroxylation sites is 1. The zero-order valence-corrected chi connectivity index (χ0v) is 15.6. The number of aryl methyl sites for hydroxylation is 2. The van der Waals surface area contributed by atoms with Crippen LogP contribution in [0.1, 0.15) is 31.4 Å². The Labute approximate surface area is 154 Å². The topological polar surface area (TPSA) is 60.9 Å². The van der Waals surface area contributed by atoms with Crippen LogP contribution in [0.4, 0.5) is 5.69 Å². The van der Waals surface area contributed by atoms with E-state index in [1.165, 1.54) is 0 Å². The predicted octanol–water partition coefficient (Wildman–Crippen LogP) is 1.46. The van der Waals surface area contributed by atoms with Gasteiger partial charge in [-0.15, -0.1) is 0 Å². The molecule has 0 aromatic heterocycles. The summed E-state index contributed by atoms with van der Waals surface area (Å²) < 4.78 is 0. The van der Waals surface area contributed by atoms with Gasteiger partial charge in [0, 0.05) is 44.8 Å². The zero-order valence-electron chi connectivity index (χ0n) is 15.6. The lowest BCUT2D eigenvalue weighted by Crippen LogP contribution is -2.50. The minimum absolute atomic E-state index is 0.0328. The van der Waals surface area contributed by atoms with Crippen molar-refractivity contribution in [2.24, 2.45) is 5.92 Å². The van der Waals surface area contributed by atoms with Crippen molar-refractivity contribution in [3.63, 3.8) is 0 Å². The molecule has 0 bridgehead atoms. The first-order valence-electron chi connectivity index (χ1n) is 9.48. The minimum Gasteiger partial charge on any atom is -0.342 e. The quantitative estimate of drug-likeness (QED) is 0.750. The van der Waals surface area contributed by atoms with E-state index in [4.69, 9.17) is 0 Å². The van der Waals surface area contributed by atoms with Crippen molar-refractivity contribution in [3.05, 3.63) is 29.3 Å². The maximum absolute atomic E-state index is 12.9. The van der Waals surface area contributed by atoms with E-state index < -0.39 is 0 Å². The van der Waals surface area contributed by atoms with Crippen LogP contribution in [0.15, 0.2) is 18.2 Å². The minimum atomic E-state index is -0.292. The van der Waals surface area contributed by atoms with Crippen LogP contribution < -0.4 is 4.90 Å². The Balaban J connectivity index is 1.75. The van der Waals surface area contributed by atoms with E-state index >= 15 is 0 Å². The summed E-state index contributed by atoms with van der Waals surface area (Å²) in [6, 6.07) is 6.17. The first-order chi connectivity index (χ1) is 12.6. The van der Waals surface area contributed by atoms with E-state index in [-0.39, 0.29) is 24.2 Å². The Hall–Kier alpha value is -2.37. The fourth-order valence-corrected chi connectivity index (χ4v) is 3.96. The Morgan fingerprint density at radius 2 is 1.73 bits per heavy atom. The van der Waals surface area contributed by atoms with Crippen LogP contribution in [0.25, 0.3) is 0 Å². The van der Waals surface area contributed by atoms with Gasteiger partial charge in [0.2, 0.25) is 18.2 Å². The van der Waals surface area contributed by atoms with Crippen LogP contribution in [0.5, 0.6) is 0 Å². The van der Waals surface area contributed by atoms with Gasteiger partial charge in [-0.2, -0.15) is 0 Å². The number of carbonyl (C=O) groups is 3. The maximum atomic E-state index is 12.9. The lowest BCUT2D eigenvalue weighted by atomic mass is 10.0. The fraction of sp³-hybridized carbons (Fsp3) is 0.550. The molecule has 0 radical (unpaired) electrons. The Morgan fingerprint density at radius 1 is 1.12 bits per heavy atom. The molecule has 2 aliphatic heterocycles. The second kappa shape index (κ2) is 7.89. The van der Waals surface area contributed by atoms with E-state index in [1.807, 2.05) is 11.0 Å². The van der Waals surface area contributed by atoms with Crippen LogP contribution in [-0.4, -0.2) is 60.7 Å². The third kappa shape index (κ3) is 3.45. The molecule has 0 saturated carbocycles. The van der Waals surface area contributed by atoms with Crippen molar-refractivity contribution < 1.29 is 14.4 Å². The van der Waals surface area contributed by atoms with Crippen LogP contribution in [-0.2, 0) is 27.2 Å². The second-order valence-corrected chi connectivity index (χ2v) is 7.00. The molecule has 6 heteroatoms. The van der Waals surface area contributed by atoms with Crippen LogP contribution in [0, 0.1) is 5.92 Å². The highest BCUT2D eigenvalue weighted by molar-refractivity contribution is 6.01. The van der Waals surface area contributed by atoms with Crippen molar-refractivity contribution in [3.8, 4) is 0 Å². The normalized spacial score (nSPS) is 20.6. The molecule has 1 unspecified atom stereocenters. The Morgan fingerprint density at radius 3 is 2.27 bits per heavy atom. The number of carbonyl (C=O) groups excluding carboxylic acids is 3. The molecule has 1 aromatic carbocycles. The number of anilines is 1. The lowest BCUT2D eigenvalue weighted by molar-refractivity contribution is -0.139. The third-order valence-corrected chi connectivity index (χ3v) is 5.48. The molecule has 140 valence electrons. The molecule has 2 fully saturated rings. The van der Waals surface area contributed by atoms with Crippen molar-refractivity contribution in [1.29, 1.82) is 0 Å². The summed E-state index contributed by atoms with van der Waals surface area (Å²) >= 11 is 0. The number of hydrogen-bond donors (Lipinski definition) is 0. The van der Waals surface area contributed by atoms with E-state index in [2.05, 4.69) is 26.0 Å². The number of amides is 3. The van der Waals surface area contributed by atoms with E-state index in [0.717, 1.165) is 36.1 Å². The molecule has 0 aliphatic carbocycles. The molecule has 26 heavy (non-hydrogen) atoms. The van der Waals surface area contributed by atoms with Crippen LogP contribution in [0.3, 0.4) is 0 Å². The smallest absolute Gasteiger partial charge is 0.228 e. The first kappa shape index (κ1) is 18.4. The maximum Gasteiger partial charge on any atom is 0.228 e. The monoisotopic (exact) mass is 357 g/mol. The third-order valence-electron chi connectivity index (χ3n) is 5.48. The lowest BCUT2D eigenvalue weighted by Gasteiger charge is -2.34. The average Bonchev–Trinajstić information content (AvgIpc) is 3.07. The van der Waals surface area contributed by atoms with Crippen molar-refractivity contribution in [2.75, 3.05) is 37.6 Å². The van der Waals surface area contributed by atoms with Gasteiger partial charge in [-0.05, 0) is 24.0 Å². The number of rotatable bonds is 5. The van der Waals surface area contributed by atoms with Crippen molar-refractivity contribution >= 4 is 23.9 Å². The van der Waals surface area contributed by atoms with Crippen LogP contribution >= 0.6 is 0 Å². The summed E-state index contributed by atoms with van der Waals surface area (Å²) in [6.45, 7) is 6.87. The van der Waals surface area contributed by atoms with Gasteiger partial charge in [-0.25, -0.2) is 0 Å². The van der Waals surface area contributed by atoms with Gasteiger partial charge in [0.15, 0.2) is 0 Å². The average molecular weight is 357 g/mol. The molecular weight excluding hydrogens is 330 g/mol. The number of nitrogens with zero attached hydrogens (tertiary/aromatic N) is 3. The Kier molecular flexibility index (Phi) is 5.59. The van der Waals surface area contributed by atoms with Gasteiger partial charge in [-0.3, -0.25) is 14.4 Å². The van der Waals surface area contributed by atoms with Gasteiger partial charge in [-0.1, -0.05) is 32.0 Å². The predicted molar refractivity (Wildman–Crippen MR) is 99.9 cm³/mol. The van der Waals surface area contributed by atoms with Crippen LogP contribution in [0.2, 0.25) is 0 Å². The van der Waals surface area contributed by atoms with E-state index in [9.17, 15) is 14.4 Å². The highest BCUT2D eigenvalue weighted by Crippen LogP contribution is 2.33. The summed E-state index contributed by atoms with van der Waals surface area (Å²) in [4.78, 5) is 41.7. The largest absolute Gasteiger partial charge is 0.342 e. The fourth-order valence-electron chi connectivity index (χ4n) is 3.96. The summed E-state index contributed by atoms with van der Waals surface area (Å²) in [6.07, 6.45) is 2.82. The summed E-state index contributed by atoms with van der Waals surface area (Å²) in [5, 5.41) is 0. The highest BCUT2D eigenvalue weighted by atomic mass is 16.2. The summed E-state index contributed by atoms with van der Waals surface area (Å²) in [5.41, 5.74) is 3.32. The van der Waals surface area contributed by atoms with Gasteiger partial charge >= 0.3 is 0 Å². The molecule has 6 nitrogen and oxygen atoms in total. The standard InChI is InChI=1S/C20H27N3O3/c1-3-15-6-5-7-16(4-2)19(15)23-13-17(12-18(23)25)20(26)22-10-8-21(14-24)9-11-22/h5-7,14,17H,3-4,8-13H2,1-2H3. The van der Waals surface area contributed by atoms with Gasteiger partial charge in [0.05, 0.1) is 5.92 Å². The van der Waals surface area contributed by atoms with Crippen molar-refractivity contribution in [1.82, 2.24) is 9.80 Å². The second-order valence-electron chi connectivity index (χ2n) is 7.00. The Bertz CT molecular complexity index is 673. The van der Waals surface area contributed by atoms with Gasteiger partial charge in [0.25, 0.3) is 0 Å². The molecule has 1 atom stereocenters. The van der Waals surface area contributed by atoms with E-state index in [1.54, 1.807) is 9.80 Å². The summed E-state index contributed by atoms with van der Waals surface area (Å²) in [7, 11) is 0. The van der Waals surface area contributed by atoms with Gasteiger partial charge < -0.3 is 14.7 Å². The van der Waals surface area contributed by atoms with Gasteiger partial charge in [0.1, 0.15) is 0 Å². The molecule has 0 spiro atoms. The SMILES string of the molecule is CCc1cccc(CC)c1N1CC(C(=O)N2CCN(C=O)CC2)CC1=O. The molecule has 2 heterocycles. The number of piperazine rings is 1. The molecule has 2 saturated heterocycles. The summed E-state index contributed by atoms with van der Waals surface area (Å²) in [5.74, 6) is -0.219. The molecular formula is C20H27N3O3. The van der Waals surface area contributed by atoms with Crippen molar-refractivity contribution in [2.45, 2.75) is 33.1 Å². The number of hydrogen-bond acceptors (Lipinski definition) is 3. The molecule has 0 N–H and O–H groups in total. The molecule has 3 amide bonds. The first-order valence-corrected chi connectivity index (χ1v) is 9.48. The highest BCUT2D eigenvalue weighted by Gasteiger charge is 2.38. The molecule has 2 aliphatic rings. The molecule has 3 rings (SSSR count). The number of benzene rings is 1.